The number of benzene rings is 3. The Morgan fingerprint density at radius 1 is 0.760 bits per heavy atom. The Morgan fingerprint density at radius 2 is 1.32 bits per heavy atom. The van der Waals surface area contributed by atoms with Crippen LogP contribution in [0.3, 0.4) is 0 Å². The Labute approximate surface area is 150 Å². The second-order valence-electron chi connectivity index (χ2n) is 6.43. The largest absolute Gasteiger partial charge is 0.508 e. The maximum absolute atomic E-state index is 9.65. The number of hydrogen-bond acceptors (Lipinski definition) is 2. The highest BCUT2D eigenvalue weighted by atomic mass is 16.3. The summed E-state index contributed by atoms with van der Waals surface area (Å²) in [5, 5.41) is 13.2. The maximum atomic E-state index is 9.65. The Morgan fingerprint density at radius 3 is 1.88 bits per heavy atom. The smallest absolute Gasteiger partial charge is 0.115 e. The molecule has 3 aromatic carbocycles. The van der Waals surface area contributed by atoms with Gasteiger partial charge in [-0.1, -0.05) is 72.8 Å². The fourth-order valence-corrected chi connectivity index (χ4v) is 3.25. The third kappa shape index (κ3) is 4.71. The normalized spacial score (nSPS) is 12.2. The highest BCUT2D eigenvalue weighted by molar-refractivity contribution is 5.32. The molecule has 0 amide bonds. The average Bonchev–Trinajstić information content (AvgIpc) is 2.66. The van der Waals surface area contributed by atoms with Crippen LogP contribution in [0.5, 0.6) is 5.75 Å². The molecule has 0 aliphatic heterocycles. The van der Waals surface area contributed by atoms with Crippen LogP contribution in [-0.2, 0) is 0 Å². The van der Waals surface area contributed by atoms with E-state index < -0.39 is 0 Å². The van der Waals surface area contributed by atoms with Gasteiger partial charge < -0.3 is 10.4 Å². The summed E-state index contributed by atoms with van der Waals surface area (Å²) < 4.78 is 0. The Bertz CT molecular complexity index is 731. The summed E-state index contributed by atoms with van der Waals surface area (Å²) >= 11 is 0. The van der Waals surface area contributed by atoms with E-state index in [0.29, 0.717) is 11.7 Å². The predicted octanol–water partition coefficient (Wildman–Crippen LogP) is 5.27. The molecule has 0 saturated carbocycles. The summed E-state index contributed by atoms with van der Waals surface area (Å²) in [6.45, 7) is 3.04. The predicted molar refractivity (Wildman–Crippen MR) is 104 cm³/mol. The number of phenolic OH excluding ortho intramolecular Hbond substituents is 1. The van der Waals surface area contributed by atoms with E-state index in [1.165, 1.54) is 11.1 Å². The van der Waals surface area contributed by atoms with E-state index in [1.807, 2.05) is 18.2 Å². The van der Waals surface area contributed by atoms with Crippen molar-refractivity contribution in [2.75, 3.05) is 6.54 Å². The molecule has 1 atom stereocenters. The molecule has 3 aromatic rings. The van der Waals surface area contributed by atoms with E-state index in [4.69, 9.17) is 0 Å². The van der Waals surface area contributed by atoms with Crippen molar-refractivity contribution >= 4 is 0 Å². The van der Waals surface area contributed by atoms with E-state index in [2.05, 4.69) is 72.9 Å². The minimum absolute atomic E-state index is 0.208. The lowest BCUT2D eigenvalue weighted by atomic mass is 9.88. The van der Waals surface area contributed by atoms with Gasteiger partial charge in [0.2, 0.25) is 0 Å². The van der Waals surface area contributed by atoms with Gasteiger partial charge in [-0.2, -0.15) is 0 Å². The first kappa shape index (κ1) is 17.2. The van der Waals surface area contributed by atoms with Crippen molar-refractivity contribution in [3.05, 3.63) is 102 Å². The lowest BCUT2D eigenvalue weighted by Gasteiger charge is -2.20. The molecule has 2 heteroatoms. The minimum Gasteiger partial charge on any atom is -0.508 e. The van der Waals surface area contributed by atoms with Crippen LogP contribution in [0.2, 0.25) is 0 Å². The third-order valence-corrected chi connectivity index (χ3v) is 4.66. The number of hydrogen-bond donors (Lipinski definition) is 2. The molecule has 0 spiro atoms. The second kappa shape index (κ2) is 8.50. The zero-order valence-electron chi connectivity index (χ0n) is 14.6. The van der Waals surface area contributed by atoms with Crippen molar-refractivity contribution in [3.63, 3.8) is 0 Å². The van der Waals surface area contributed by atoms with Gasteiger partial charge in [0.15, 0.2) is 0 Å². The number of nitrogens with one attached hydrogen (secondary N) is 1. The molecule has 128 valence electrons. The standard InChI is InChI=1S/C23H25NO/c1-18(21-13-8-14-22(25)17-21)24-16-15-23(19-9-4-2-5-10-19)20-11-6-3-7-12-20/h2-14,17-18,23-25H,15-16H2,1H3. The van der Waals surface area contributed by atoms with Gasteiger partial charge in [0, 0.05) is 12.0 Å². The molecule has 2 nitrogen and oxygen atoms in total. The Hall–Kier alpha value is -2.58. The van der Waals surface area contributed by atoms with Crippen molar-refractivity contribution in [1.82, 2.24) is 5.32 Å². The van der Waals surface area contributed by atoms with Crippen molar-refractivity contribution < 1.29 is 5.11 Å². The van der Waals surface area contributed by atoms with Gasteiger partial charge in [-0.25, -0.2) is 0 Å². The van der Waals surface area contributed by atoms with Gasteiger partial charge in [0.05, 0.1) is 0 Å². The third-order valence-electron chi connectivity index (χ3n) is 4.66. The molecule has 0 aliphatic carbocycles. The molecule has 0 aliphatic rings. The molecule has 0 bridgehead atoms. The van der Waals surface area contributed by atoms with Crippen LogP contribution in [0.1, 0.15) is 42.0 Å². The summed E-state index contributed by atoms with van der Waals surface area (Å²) in [5.74, 6) is 0.698. The Kier molecular flexibility index (Phi) is 5.86. The van der Waals surface area contributed by atoms with Gasteiger partial charge in [-0.15, -0.1) is 0 Å². The molecular weight excluding hydrogens is 306 g/mol. The van der Waals surface area contributed by atoms with Gasteiger partial charge in [-0.3, -0.25) is 0 Å². The topological polar surface area (TPSA) is 32.3 Å². The molecule has 0 radical (unpaired) electrons. The van der Waals surface area contributed by atoms with Crippen LogP contribution in [0.4, 0.5) is 0 Å². The van der Waals surface area contributed by atoms with Crippen LogP contribution >= 0.6 is 0 Å². The number of phenols is 1. The summed E-state index contributed by atoms with van der Waals surface area (Å²) in [4.78, 5) is 0. The number of rotatable bonds is 7. The van der Waals surface area contributed by atoms with Crippen LogP contribution in [0.15, 0.2) is 84.9 Å². The van der Waals surface area contributed by atoms with Crippen molar-refractivity contribution in [2.24, 2.45) is 0 Å². The summed E-state index contributed by atoms with van der Waals surface area (Å²) in [7, 11) is 0. The lowest BCUT2D eigenvalue weighted by Crippen LogP contribution is -2.21. The average molecular weight is 331 g/mol. The monoisotopic (exact) mass is 331 g/mol. The van der Waals surface area contributed by atoms with Crippen molar-refractivity contribution in [1.29, 1.82) is 0 Å². The first-order chi connectivity index (χ1) is 12.2. The van der Waals surface area contributed by atoms with Crippen LogP contribution in [0, 0.1) is 0 Å². The first-order valence-electron chi connectivity index (χ1n) is 8.86. The molecule has 3 rings (SSSR count). The van der Waals surface area contributed by atoms with Gasteiger partial charge in [0.25, 0.3) is 0 Å². The zero-order chi connectivity index (χ0) is 17.5. The molecule has 0 aromatic heterocycles. The van der Waals surface area contributed by atoms with E-state index >= 15 is 0 Å². The fourth-order valence-electron chi connectivity index (χ4n) is 3.25. The van der Waals surface area contributed by atoms with E-state index in [-0.39, 0.29) is 6.04 Å². The fraction of sp³-hybridized carbons (Fsp3) is 0.217. The van der Waals surface area contributed by atoms with Crippen molar-refractivity contribution in [3.8, 4) is 5.75 Å². The summed E-state index contributed by atoms with van der Waals surface area (Å²) in [6.07, 6.45) is 1.02. The molecule has 0 saturated heterocycles. The lowest BCUT2D eigenvalue weighted by molar-refractivity contribution is 0.471. The van der Waals surface area contributed by atoms with Gasteiger partial charge in [-0.05, 0) is 48.7 Å². The van der Waals surface area contributed by atoms with Crippen LogP contribution in [0.25, 0.3) is 0 Å². The molecule has 1 unspecified atom stereocenters. The molecule has 0 fully saturated rings. The Balaban J connectivity index is 1.67. The maximum Gasteiger partial charge on any atom is 0.115 e. The molecule has 2 N–H and O–H groups in total. The quantitative estimate of drug-likeness (QED) is 0.618. The minimum atomic E-state index is 0.208. The molecule has 0 heterocycles. The summed E-state index contributed by atoms with van der Waals surface area (Å²) in [5.41, 5.74) is 3.80. The van der Waals surface area contributed by atoms with E-state index in [1.54, 1.807) is 6.07 Å². The van der Waals surface area contributed by atoms with Gasteiger partial charge >= 0.3 is 0 Å². The highest BCUT2D eigenvalue weighted by Gasteiger charge is 2.14. The van der Waals surface area contributed by atoms with E-state index in [9.17, 15) is 5.11 Å². The van der Waals surface area contributed by atoms with E-state index in [0.717, 1.165) is 18.5 Å². The molecular formula is C23H25NO. The molecule has 25 heavy (non-hydrogen) atoms. The first-order valence-corrected chi connectivity index (χ1v) is 8.86. The van der Waals surface area contributed by atoms with Crippen LogP contribution < -0.4 is 5.32 Å². The van der Waals surface area contributed by atoms with Crippen LogP contribution in [-0.4, -0.2) is 11.7 Å². The SMILES string of the molecule is CC(NCCC(c1ccccc1)c1ccccc1)c1cccc(O)c1. The highest BCUT2D eigenvalue weighted by Crippen LogP contribution is 2.28. The second-order valence-corrected chi connectivity index (χ2v) is 6.43. The zero-order valence-corrected chi connectivity index (χ0v) is 14.6. The van der Waals surface area contributed by atoms with Crippen molar-refractivity contribution in [2.45, 2.75) is 25.3 Å². The number of aromatic hydroxyl groups is 1. The van der Waals surface area contributed by atoms with Gasteiger partial charge in [0.1, 0.15) is 5.75 Å². The summed E-state index contributed by atoms with van der Waals surface area (Å²) in [6, 6.07) is 29.0.